The van der Waals surface area contributed by atoms with Crippen LogP contribution in [0, 0.1) is 6.92 Å². The summed E-state index contributed by atoms with van der Waals surface area (Å²) in [6, 6.07) is 17.2. The Balaban J connectivity index is 1.59. The quantitative estimate of drug-likeness (QED) is 0.762. The van der Waals surface area contributed by atoms with E-state index in [1.165, 1.54) is 16.9 Å². The van der Waals surface area contributed by atoms with Crippen LogP contribution in [0.25, 0.3) is 0 Å². The predicted octanol–water partition coefficient (Wildman–Crippen LogP) is 4.28. The molecule has 1 aromatic heterocycles. The molecular formula is C18H16N2O2S. The van der Waals surface area contributed by atoms with Gasteiger partial charge < -0.3 is 10.1 Å². The van der Waals surface area contributed by atoms with Crippen LogP contribution in [0.3, 0.4) is 0 Å². The molecule has 5 heteroatoms. The van der Waals surface area contributed by atoms with Crippen LogP contribution < -0.4 is 10.1 Å². The van der Waals surface area contributed by atoms with Crippen molar-refractivity contribution in [2.75, 3.05) is 5.32 Å². The SMILES string of the molecule is Cc1ccc(OCc2nc(C(=O)Nc3ccccc3)cs2)cc1. The monoisotopic (exact) mass is 324 g/mol. The molecule has 0 saturated heterocycles. The van der Waals surface area contributed by atoms with Gasteiger partial charge in [0.25, 0.3) is 5.91 Å². The standard InChI is InChI=1S/C18H16N2O2S/c1-13-7-9-15(10-8-13)22-11-17-20-16(12-23-17)18(21)19-14-5-3-2-4-6-14/h2-10,12H,11H2,1H3,(H,19,21). The van der Waals surface area contributed by atoms with Gasteiger partial charge in [0, 0.05) is 11.1 Å². The lowest BCUT2D eigenvalue weighted by Crippen LogP contribution is -2.12. The minimum Gasteiger partial charge on any atom is -0.486 e. The summed E-state index contributed by atoms with van der Waals surface area (Å²) in [5.41, 5.74) is 2.34. The Hall–Kier alpha value is -2.66. The minimum atomic E-state index is -0.214. The van der Waals surface area contributed by atoms with E-state index < -0.39 is 0 Å². The highest BCUT2D eigenvalue weighted by Crippen LogP contribution is 2.17. The average Bonchev–Trinajstić information content (AvgIpc) is 3.04. The molecule has 3 rings (SSSR count). The maximum absolute atomic E-state index is 12.1. The molecule has 3 aromatic rings. The Morgan fingerprint density at radius 2 is 1.87 bits per heavy atom. The number of rotatable bonds is 5. The maximum Gasteiger partial charge on any atom is 0.275 e. The third kappa shape index (κ3) is 4.17. The van der Waals surface area contributed by atoms with Gasteiger partial charge in [-0.3, -0.25) is 4.79 Å². The van der Waals surface area contributed by atoms with E-state index in [0.717, 1.165) is 16.4 Å². The zero-order valence-electron chi connectivity index (χ0n) is 12.7. The van der Waals surface area contributed by atoms with E-state index in [1.807, 2.05) is 61.5 Å². The predicted molar refractivity (Wildman–Crippen MR) is 92.0 cm³/mol. The van der Waals surface area contributed by atoms with Crippen LogP contribution in [0.5, 0.6) is 5.75 Å². The number of carbonyl (C=O) groups excluding carboxylic acids is 1. The van der Waals surface area contributed by atoms with Crippen molar-refractivity contribution in [1.29, 1.82) is 0 Å². The van der Waals surface area contributed by atoms with Crippen molar-refractivity contribution in [3.8, 4) is 5.75 Å². The van der Waals surface area contributed by atoms with Gasteiger partial charge in [-0.05, 0) is 31.2 Å². The van der Waals surface area contributed by atoms with Crippen molar-refractivity contribution in [2.24, 2.45) is 0 Å². The Bertz CT molecular complexity index is 782. The van der Waals surface area contributed by atoms with Crippen LogP contribution in [-0.4, -0.2) is 10.9 Å². The number of para-hydroxylation sites is 1. The van der Waals surface area contributed by atoms with Gasteiger partial charge in [0.05, 0.1) is 0 Å². The van der Waals surface area contributed by atoms with Gasteiger partial charge >= 0.3 is 0 Å². The maximum atomic E-state index is 12.1. The molecule has 23 heavy (non-hydrogen) atoms. The van der Waals surface area contributed by atoms with Gasteiger partial charge in [-0.25, -0.2) is 4.98 Å². The highest BCUT2D eigenvalue weighted by atomic mass is 32.1. The molecule has 1 heterocycles. The van der Waals surface area contributed by atoms with Crippen LogP contribution in [0.4, 0.5) is 5.69 Å². The van der Waals surface area contributed by atoms with E-state index in [2.05, 4.69) is 10.3 Å². The third-order valence-electron chi connectivity index (χ3n) is 3.20. The first-order chi connectivity index (χ1) is 11.2. The summed E-state index contributed by atoms with van der Waals surface area (Å²) in [7, 11) is 0. The Morgan fingerprint density at radius 3 is 2.61 bits per heavy atom. The molecule has 0 aliphatic carbocycles. The van der Waals surface area contributed by atoms with E-state index in [-0.39, 0.29) is 5.91 Å². The summed E-state index contributed by atoms with van der Waals surface area (Å²) in [5.74, 6) is 0.579. The number of benzene rings is 2. The molecule has 1 N–H and O–H groups in total. The Kier molecular flexibility index (Phi) is 4.68. The number of hydrogen-bond acceptors (Lipinski definition) is 4. The Labute approximate surface area is 138 Å². The fourth-order valence-corrected chi connectivity index (χ4v) is 2.66. The molecule has 0 unspecified atom stereocenters. The number of thiazole rings is 1. The molecule has 2 aromatic carbocycles. The normalized spacial score (nSPS) is 10.3. The molecule has 0 atom stereocenters. The molecule has 0 fully saturated rings. The number of hydrogen-bond donors (Lipinski definition) is 1. The van der Waals surface area contributed by atoms with Crippen molar-refractivity contribution < 1.29 is 9.53 Å². The number of aromatic nitrogens is 1. The second kappa shape index (κ2) is 7.07. The Morgan fingerprint density at radius 1 is 1.13 bits per heavy atom. The molecular weight excluding hydrogens is 308 g/mol. The smallest absolute Gasteiger partial charge is 0.275 e. The summed E-state index contributed by atoms with van der Waals surface area (Å²) in [6.45, 7) is 2.38. The fraction of sp³-hybridized carbons (Fsp3) is 0.111. The van der Waals surface area contributed by atoms with Crippen molar-refractivity contribution in [3.63, 3.8) is 0 Å². The van der Waals surface area contributed by atoms with Crippen LogP contribution in [0.2, 0.25) is 0 Å². The first-order valence-electron chi connectivity index (χ1n) is 7.21. The highest BCUT2D eigenvalue weighted by Gasteiger charge is 2.11. The van der Waals surface area contributed by atoms with Crippen molar-refractivity contribution in [1.82, 2.24) is 4.98 Å². The summed E-state index contributed by atoms with van der Waals surface area (Å²) in [6.07, 6.45) is 0. The molecule has 4 nitrogen and oxygen atoms in total. The van der Waals surface area contributed by atoms with Crippen molar-refractivity contribution in [3.05, 3.63) is 76.2 Å². The zero-order valence-corrected chi connectivity index (χ0v) is 13.5. The number of amides is 1. The molecule has 116 valence electrons. The van der Waals surface area contributed by atoms with Gasteiger partial charge in [-0.2, -0.15) is 0 Å². The number of nitrogens with one attached hydrogen (secondary N) is 1. The van der Waals surface area contributed by atoms with Crippen LogP contribution in [0.15, 0.2) is 60.0 Å². The lowest BCUT2D eigenvalue weighted by molar-refractivity contribution is 0.102. The summed E-state index contributed by atoms with van der Waals surface area (Å²) in [5, 5.41) is 5.33. The lowest BCUT2D eigenvalue weighted by Gasteiger charge is -2.04. The first kappa shape index (κ1) is 15.2. The van der Waals surface area contributed by atoms with E-state index in [4.69, 9.17) is 4.74 Å². The van der Waals surface area contributed by atoms with Gasteiger partial charge in [0.2, 0.25) is 0 Å². The first-order valence-corrected chi connectivity index (χ1v) is 8.09. The molecule has 0 aliphatic heterocycles. The van der Waals surface area contributed by atoms with E-state index in [1.54, 1.807) is 5.38 Å². The van der Waals surface area contributed by atoms with Crippen molar-refractivity contribution in [2.45, 2.75) is 13.5 Å². The van der Waals surface area contributed by atoms with Crippen LogP contribution in [-0.2, 0) is 6.61 Å². The van der Waals surface area contributed by atoms with Gasteiger partial charge in [0.15, 0.2) is 0 Å². The van der Waals surface area contributed by atoms with Gasteiger partial charge in [0.1, 0.15) is 23.1 Å². The second-order valence-corrected chi connectivity index (χ2v) is 5.99. The van der Waals surface area contributed by atoms with E-state index >= 15 is 0 Å². The largest absolute Gasteiger partial charge is 0.486 e. The van der Waals surface area contributed by atoms with E-state index in [0.29, 0.717) is 12.3 Å². The fourth-order valence-electron chi connectivity index (χ4n) is 1.98. The average molecular weight is 324 g/mol. The number of carbonyl (C=O) groups is 1. The molecule has 0 saturated carbocycles. The molecule has 1 amide bonds. The van der Waals surface area contributed by atoms with E-state index in [9.17, 15) is 4.79 Å². The van der Waals surface area contributed by atoms with Crippen LogP contribution >= 0.6 is 11.3 Å². The topological polar surface area (TPSA) is 51.2 Å². The van der Waals surface area contributed by atoms with Crippen molar-refractivity contribution >= 4 is 22.9 Å². The van der Waals surface area contributed by atoms with Gasteiger partial charge in [-0.1, -0.05) is 35.9 Å². The molecule has 0 aliphatic rings. The summed E-state index contributed by atoms with van der Waals surface area (Å²) in [4.78, 5) is 16.5. The van der Waals surface area contributed by atoms with Gasteiger partial charge in [-0.15, -0.1) is 11.3 Å². The minimum absolute atomic E-state index is 0.214. The number of anilines is 1. The lowest BCUT2D eigenvalue weighted by atomic mass is 10.2. The molecule has 0 bridgehead atoms. The number of ether oxygens (including phenoxy) is 1. The zero-order chi connectivity index (χ0) is 16.1. The summed E-state index contributed by atoms with van der Waals surface area (Å²) >= 11 is 1.41. The third-order valence-corrected chi connectivity index (χ3v) is 4.02. The highest BCUT2D eigenvalue weighted by molar-refractivity contribution is 7.09. The van der Waals surface area contributed by atoms with Crippen LogP contribution in [0.1, 0.15) is 21.1 Å². The number of aryl methyl sites for hydroxylation is 1. The molecule has 0 radical (unpaired) electrons. The molecule has 0 spiro atoms. The summed E-state index contributed by atoms with van der Waals surface area (Å²) < 4.78 is 5.67. The number of nitrogens with zero attached hydrogens (tertiary/aromatic N) is 1. The second-order valence-electron chi connectivity index (χ2n) is 5.05.